The fourth-order valence-electron chi connectivity index (χ4n) is 4.69. The fourth-order valence-corrected chi connectivity index (χ4v) is 4.69. The molecule has 2 aromatic rings. The summed E-state index contributed by atoms with van der Waals surface area (Å²) in [5.74, 6) is 1.76. The molecular weight excluding hydrogens is 376 g/mol. The molecule has 0 bridgehead atoms. The van der Waals surface area contributed by atoms with Crippen molar-refractivity contribution in [1.29, 1.82) is 0 Å². The highest BCUT2D eigenvalue weighted by Crippen LogP contribution is 2.52. The normalized spacial score (nSPS) is 20.3. The number of hydrogen-bond acceptors (Lipinski definition) is 5. The Balaban J connectivity index is 1.54. The largest absolute Gasteiger partial charge is 0.497 e. The van der Waals surface area contributed by atoms with Crippen LogP contribution in [0.3, 0.4) is 0 Å². The van der Waals surface area contributed by atoms with Gasteiger partial charge in [0.05, 0.1) is 19.8 Å². The highest BCUT2D eigenvalue weighted by Gasteiger charge is 2.47. The van der Waals surface area contributed by atoms with Gasteiger partial charge in [-0.3, -0.25) is 5.43 Å². The SMILES string of the molecule is CCCCCNN1CCC2(CC1)OC(c1ccc(OC)cc1)c1ccc(OC)cc12. The lowest BCUT2D eigenvalue weighted by molar-refractivity contribution is -0.103. The van der Waals surface area contributed by atoms with Crippen LogP contribution in [0, 0.1) is 0 Å². The monoisotopic (exact) mass is 410 g/mol. The van der Waals surface area contributed by atoms with Crippen molar-refractivity contribution in [2.75, 3.05) is 33.9 Å². The van der Waals surface area contributed by atoms with E-state index in [0.717, 1.165) is 44.0 Å². The van der Waals surface area contributed by atoms with Gasteiger partial charge in [0.1, 0.15) is 17.6 Å². The molecule has 0 radical (unpaired) electrons. The summed E-state index contributed by atoms with van der Waals surface area (Å²) in [6.07, 6.45) is 5.66. The van der Waals surface area contributed by atoms with E-state index in [1.807, 2.05) is 18.2 Å². The summed E-state index contributed by atoms with van der Waals surface area (Å²) >= 11 is 0. The molecule has 1 unspecified atom stereocenters. The van der Waals surface area contributed by atoms with Gasteiger partial charge in [0.2, 0.25) is 0 Å². The minimum absolute atomic E-state index is 0.0547. The van der Waals surface area contributed by atoms with Gasteiger partial charge < -0.3 is 14.2 Å². The fraction of sp³-hybridized carbons (Fsp3) is 0.520. The van der Waals surface area contributed by atoms with Crippen LogP contribution in [0.15, 0.2) is 42.5 Å². The van der Waals surface area contributed by atoms with Crippen LogP contribution in [0.2, 0.25) is 0 Å². The zero-order valence-corrected chi connectivity index (χ0v) is 18.4. The third-order valence-corrected chi connectivity index (χ3v) is 6.48. The van der Waals surface area contributed by atoms with Crippen molar-refractivity contribution in [3.05, 3.63) is 59.2 Å². The Labute approximate surface area is 180 Å². The Morgan fingerprint density at radius 3 is 2.37 bits per heavy atom. The summed E-state index contributed by atoms with van der Waals surface area (Å²) in [4.78, 5) is 0. The van der Waals surface area contributed by atoms with Gasteiger partial charge in [0.25, 0.3) is 0 Å². The molecule has 162 valence electrons. The number of fused-ring (bicyclic) bond motifs is 2. The third-order valence-electron chi connectivity index (χ3n) is 6.48. The highest BCUT2D eigenvalue weighted by molar-refractivity contribution is 5.48. The summed E-state index contributed by atoms with van der Waals surface area (Å²) in [6, 6.07) is 14.6. The first-order valence-electron chi connectivity index (χ1n) is 11.2. The van der Waals surface area contributed by atoms with Crippen molar-refractivity contribution in [2.24, 2.45) is 0 Å². The molecule has 5 heteroatoms. The molecule has 4 rings (SSSR count). The van der Waals surface area contributed by atoms with Gasteiger partial charge in [0, 0.05) is 19.6 Å². The zero-order chi connectivity index (χ0) is 21.0. The number of unbranched alkanes of at least 4 members (excludes halogenated alkanes) is 2. The standard InChI is InChI=1S/C25H34N2O3/c1-4-5-6-15-26-27-16-13-25(14-17-27)23-18-21(29-3)11-12-22(23)24(30-25)19-7-9-20(28-2)10-8-19/h7-12,18,24,26H,4-6,13-17H2,1-3H3. The molecule has 30 heavy (non-hydrogen) atoms. The average molecular weight is 411 g/mol. The van der Waals surface area contributed by atoms with E-state index < -0.39 is 0 Å². The second kappa shape index (κ2) is 9.38. The number of rotatable bonds is 8. The molecule has 5 nitrogen and oxygen atoms in total. The van der Waals surface area contributed by atoms with Crippen molar-refractivity contribution >= 4 is 0 Å². The topological polar surface area (TPSA) is 43.0 Å². The number of piperidine rings is 1. The van der Waals surface area contributed by atoms with Gasteiger partial charge in [-0.1, -0.05) is 38.0 Å². The first kappa shape index (κ1) is 21.2. The van der Waals surface area contributed by atoms with Crippen LogP contribution in [0.25, 0.3) is 0 Å². The van der Waals surface area contributed by atoms with Crippen molar-refractivity contribution < 1.29 is 14.2 Å². The molecule has 1 fully saturated rings. The lowest BCUT2D eigenvalue weighted by Gasteiger charge is -2.40. The van der Waals surface area contributed by atoms with E-state index in [1.165, 1.54) is 36.0 Å². The predicted octanol–water partition coefficient (Wildman–Crippen LogP) is 4.81. The molecule has 0 amide bonds. The quantitative estimate of drug-likeness (QED) is 0.633. The van der Waals surface area contributed by atoms with Gasteiger partial charge in [-0.05, 0) is 60.2 Å². The van der Waals surface area contributed by atoms with Crippen LogP contribution < -0.4 is 14.9 Å². The number of nitrogens with zero attached hydrogens (tertiary/aromatic N) is 1. The smallest absolute Gasteiger partial charge is 0.119 e. The summed E-state index contributed by atoms with van der Waals surface area (Å²) in [5.41, 5.74) is 7.06. The third kappa shape index (κ3) is 4.20. The summed E-state index contributed by atoms with van der Waals surface area (Å²) < 4.78 is 17.7. The molecule has 2 aromatic carbocycles. The van der Waals surface area contributed by atoms with Crippen LogP contribution >= 0.6 is 0 Å². The first-order valence-corrected chi connectivity index (χ1v) is 11.2. The summed E-state index contributed by atoms with van der Waals surface area (Å²) in [5, 5.41) is 2.37. The molecule has 0 aliphatic carbocycles. The maximum absolute atomic E-state index is 6.86. The Bertz CT molecular complexity index is 829. The minimum Gasteiger partial charge on any atom is -0.497 e. The number of hydrazine groups is 1. The van der Waals surface area contributed by atoms with Gasteiger partial charge in [-0.2, -0.15) is 0 Å². The van der Waals surface area contributed by atoms with Crippen molar-refractivity contribution in [3.8, 4) is 11.5 Å². The van der Waals surface area contributed by atoms with Crippen LogP contribution in [-0.2, 0) is 10.3 Å². The molecule has 0 aromatic heterocycles. The Morgan fingerprint density at radius 2 is 1.70 bits per heavy atom. The van der Waals surface area contributed by atoms with Crippen LogP contribution in [-0.4, -0.2) is 38.9 Å². The van der Waals surface area contributed by atoms with E-state index in [9.17, 15) is 0 Å². The second-order valence-corrected chi connectivity index (χ2v) is 8.32. The molecule has 2 aliphatic heterocycles. The van der Waals surface area contributed by atoms with E-state index in [2.05, 4.69) is 41.6 Å². The van der Waals surface area contributed by atoms with E-state index >= 15 is 0 Å². The first-order chi connectivity index (χ1) is 14.7. The maximum atomic E-state index is 6.86. The number of methoxy groups -OCH3 is 2. The minimum atomic E-state index is -0.254. The molecule has 1 atom stereocenters. The second-order valence-electron chi connectivity index (χ2n) is 8.32. The number of ether oxygens (including phenoxy) is 3. The molecule has 1 saturated heterocycles. The van der Waals surface area contributed by atoms with Crippen LogP contribution in [0.1, 0.15) is 61.8 Å². The summed E-state index contributed by atoms with van der Waals surface area (Å²) in [6.45, 7) is 5.27. The van der Waals surface area contributed by atoms with Gasteiger partial charge >= 0.3 is 0 Å². The highest BCUT2D eigenvalue weighted by atomic mass is 16.5. The zero-order valence-electron chi connectivity index (χ0n) is 18.4. The summed E-state index contributed by atoms with van der Waals surface area (Å²) in [7, 11) is 3.43. The number of nitrogens with one attached hydrogen (secondary N) is 1. The van der Waals surface area contributed by atoms with Gasteiger partial charge in [0.15, 0.2) is 0 Å². The number of hydrogen-bond donors (Lipinski definition) is 1. The Morgan fingerprint density at radius 1 is 1.00 bits per heavy atom. The maximum Gasteiger partial charge on any atom is 0.119 e. The van der Waals surface area contributed by atoms with Crippen LogP contribution in [0.4, 0.5) is 0 Å². The molecule has 2 heterocycles. The van der Waals surface area contributed by atoms with E-state index in [4.69, 9.17) is 14.2 Å². The molecule has 0 saturated carbocycles. The van der Waals surface area contributed by atoms with Crippen molar-refractivity contribution in [3.63, 3.8) is 0 Å². The van der Waals surface area contributed by atoms with Crippen molar-refractivity contribution in [2.45, 2.75) is 50.7 Å². The van der Waals surface area contributed by atoms with Gasteiger partial charge in [-0.25, -0.2) is 5.01 Å². The molecule has 1 N–H and O–H groups in total. The predicted molar refractivity (Wildman–Crippen MR) is 119 cm³/mol. The van der Waals surface area contributed by atoms with Crippen LogP contribution in [0.5, 0.6) is 11.5 Å². The van der Waals surface area contributed by atoms with Crippen molar-refractivity contribution in [1.82, 2.24) is 10.4 Å². The Hall–Kier alpha value is -2.08. The molecule has 2 aliphatic rings. The van der Waals surface area contributed by atoms with E-state index in [1.54, 1.807) is 14.2 Å². The van der Waals surface area contributed by atoms with E-state index in [-0.39, 0.29) is 11.7 Å². The Kier molecular flexibility index (Phi) is 6.61. The number of benzene rings is 2. The molecular formula is C25H34N2O3. The van der Waals surface area contributed by atoms with Gasteiger partial charge in [-0.15, -0.1) is 0 Å². The van der Waals surface area contributed by atoms with E-state index in [0.29, 0.717) is 0 Å². The lowest BCUT2D eigenvalue weighted by Crippen LogP contribution is -2.49. The average Bonchev–Trinajstić information content (AvgIpc) is 3.11. The molecule has 1 spiro atoms. The lowest BCUT2D eigenvalue weighted by atomic mass is 9.83.